The number of urea groups is 1. The zero-order valence-electron chi connectivity index (χ0n) is 15.3. The maximum absolute atomic E-state index is 12.2. The molecule has 0 saturated heterocycles. The highest BCUT2D eigenvalue weighted by Crippen LogP contribution is 2.24. The van der Waals surface area contributed by atoms with Crippen molar-refractivity contribution in [3.63, 3.8) is 0 Å². The third-order valence-corrected chi connectivity index (χ3v) is 4.65. The van der Waals surface area contributed by atoms with Crippen LogP contribution in [0.2, 0.25) is 0 Å². The van der Waals surface area contributed by atoms with E-state index in [0.717, 1.165) is 26.1 Å². The van der Waals surface area contributed by atoms with Crippen LogP contribution in [-0.2, 0) is 13.0 Å². The van der Waals surface area contributed by atoms with Crippen LogP contribution >= 0.6 is 0 Å². The normalized spacial score (nSPS) is 17.7. The van der Waals surface area contributed by atoms with Crippen molar-refractivity contribution in [2.75, 3.05) is 19.7 Å². The second-order valence-corrected chi connectivity index (χ2v) is 7.87. The van der Waals surface area contributed by atoms with E-state index in [4.69, 9.17) is 5.11 Å². The average Bonchev–Trinajstić information content (AvgIpc) is 2.53. The van der Waals surface area contributed by atoms with Crippen molar-refractivity contribution >= 4 is 6.03 Å². The quantitative estimate of drug-likeness (QED) is 0.773. The van der Waals surface area contributed by atoms with Crippen molar-refractivity contribution in [3.05, 3.63) is 35.4 Å². The number of aliphatic hydroxyl groups excluding tert-OH is 1. The third kappa shape index (κ3) is 5.21. The predicted octanol–water partition coefficient (Wildman–Crippen LogP) is 2.14. The number of nitrogens with zero attached hydrogens (tertiary/aromatic N) is 1. The summed E-state index contributed by atoms with van der Waals surface area (Å²) in [6.07, 6.45) is 1.06. The molecule has 5 nitrogen and oxygen atoms in total. The Kier molecular flexibility index (Phi) is 6.24. The molecule has 0 saturated carbocycles. The molecule has 1 aromatic carbocycles. The van der Waals surface area contributed by atoms with Gasteiger partial charge in [-0.3, -0.25) is 4.90 Å². The summed E-state index contributed by atoms with van der Waals surface area (Å²) >= 11 is 0. The van der Waals surface area contributed by atoms with E-state index >= 15 is 0 Å². The first-order valence-corrected chi connectivity index (χ1v) is 8.76. The third-order valence-electron chi connectivity index (χ3n) is 4.65. The molecule has 0 radical (unpaired) electrons. The first-order valence-electron chi connectivity index (χ1n) is 8.76. The number of nitrogens with one attached hydrogen (secondary N) is 2. The molecule has 2 unspecified atom stereocenters. The maximum Gasteiger partial charge on any atom is 0.315 e. The molecule has 2 amide bonds. The summed E-state index contributed by atoms with van der Waals surface area (Å²) < 4.78 is 0. The van der Waals surface area contributed by atoms with Gasteiger partial charge in [-0.1, -0.05) is 45.0 Å². The summed E-state index contributed by atoms with van der Waals surface area (Å²) in [7, 11) is 0. The van der Waals surface area contributed by atoms with Crippen molar-refractivity contribution < 1.29 is 9.90 Å². The van der Waals surface area contributed by atoms with Crippen LogP contribution in [0.5, 0.6) is 0 Å². The van der Waals surface area contributed by atoms with Crippen LogP contribution in [0.4, 0.5) is 4.79 Å². The Morgan fingerprint density at radius 3 is 2.54 bits per heavy atom. The average molecular weight is 333 g/mol. The van der Waals surface area contributed by atoms with Gasteiger partial charge in [-0.05, 0) is 29.9 Å². The summed E-state index contributed by atoms with van der Waals surface area (Å²) in [5, 5.41) is 14.9. The number of hydrogen-bond donors (Lipinski definition) is 3. The predicted molar refractivity (Wildman–Crippen MR) is 96.9 cm³/mol. The van der Waals surface area contributed by atoms with E-state index in [2.05, 4.69) is 60.6 Å². The summed E-state index contributed by atoms with van der Waals surface area (Å²) in [6.45, 7) is 10.9. The molecule has 0 aromatic heterocycles. The number of rotatable bonds is 5. The number of carbonyl (C=O) groups excluding carboxylic acids is 1. The van der Waals surface area contributed by atoms with Gasteiger partial charge in [-0.25, -0.2) is 4.79 Å². The number of hydrogen-bond acceptors (Lipinski definition) is 3. The summed E-state index contributed by atoms with van der Waals surface area (Å²) in [5.41, 5.74) is 2.77. The molecular weight excluding hydrogens is 302 g/mol. The van der Waals surface area contributed by atoms with Gasteiger partial charge in [0.2, 0.25) is 0 Å². The van der Waals surface area contributed by atoms with Crippen molar-refractivity contribution in [2.45, 2.75) is 52.7 Å². The van der Waals surface area contributed by atoms with Crippen molar-refractivity contribution in [1.82, 2.24) is 15.5 Å². The van der Waals surface area contributed by atoms with Gasteiger partial charge in [-0.15, -0.1) is 0 Å². The summed E-state index contributed by atoms with van der Waals surface area (Å²) in [5.74, 6) is 0. The Bertz CT molecular complexity index is 554. The summed E-state index contributed by atoms with van der Waals surface area (Å²) in [6, 6.07) is 8.16. The molecule has 2 atom stereocenters. The Labute approximate surface area is 145 Å². The molecule has 3 N–H and O–H groups in total. The second-order valence-electron chi connectivity index (χ2n) is 7.87. The minimum Gasteiger partial charge on any atom is -0.394 e. The van der Waals surface area contributed by atoms with E-state index in [-0.39, 0.29) is 30.1 Å². The van der Waals surface area contributed by atoms with Gasteiger partial charge in [0.05, 0.1) is 12.6 Å². The lowest BCUT2D eigenvalue weighted by Gasteiger charge is -2.38. The van der Waals surface area contributed by atoms with Crippen LogP contribution in [0.3, 0.4) is 0 Å². The van der Waals surface area contributed by atoms with Crippen molar-refractivity contribution in [3.8, 4) is 0 Å². The molecule has 1 heterocycles. The van der Waals surface area contributed by atoms with Gasteiger partial charge in [0, 0.05) is 25.7 Å². The SMILES string of the molecule is CC(CO)NC(=O)NC(CN1CCc2ccccc2C1)C(C)(C)C. The van der Waals surface area contributed by atoms with Crippen LogP contribution in [-0.4, -0.2) is 47.8 Å². The standard InChI is InChI=1S/C19H31N3O2/c1-14(13-23)20-18(24)21-17(19(2,3)4)12-22-10-9-15-7-5-6-8-16(15)11-22/h5-8,14,17,23H,9-13H2,1-4H3,(H2,20,21,24). The van der Waals surface area contributed by atoms with Crippen LogP contribution in [0.25, 0.3) is 0 Å². The monoisotopic (exact) mass is 333 g/mol. The zero-order chi connectivity index (χ0) is 17.7. The van der Waals surface area contributed by atoms with Gasteiger partial charge in [0.15, 0.2) is 0 Å². The lowest BCUT2D eigenvalue weighted by atomic mass is 9.86. The molecule has 0 aliphatic carbocycles. The molecule has 134 valence electrons. The fraction of sp³-hybridized carbons (Fsp3) is 0.632. The molecule has 1 aromatic rings. The minimum atomic E-state index is -0.243. The summed E-state index contributed by atoms with van der Waals surface area (Å²) in [4.78, 5) is 14.6. The highest BCUT2D eigenvalue weighted by Gasteiger charge is 2.29. The molecule has 1 aliphatic heterocycles. The molecule has 0 spiro atoms. The van der Waals surface area contributed by atoms with Crippen molar-refractivity contribution in [2.24, 2.45) is 5.41 Å². The van der Waals surface area contributed by atoms with Gasteiger partial charge in [-0.2, -0.15) is 0 Å². The van der Waals surface area contributed by atoms with Gasteiger partial charge < -0.3 is 15.7 Å². The molecule has 0 bridgehead atoms. The molecule has 24 heavy (non-hydrogen) atoms. The largest absolute Gasteiger partial charge is 0.394 e. The smallest absolute Gasteiger partial charge is 0.315 e. The Morgan fingerprint density at radius 2 is 1.92 bits per heavy atom. The van der Waals surface area contributed by atoms with Crippen LogP contribution < -0.4 is 10.6 Å². The van der Waals surface area contributed by atoms with Crippen LogP contribution in [0.1, 0.15) is 38.8 Å². The lowest BCUT2D eigenvalue weighted by molar-refractivity contribution is 0.158. The lowest BCUT2D eigenvalue weighted by Crippen LogP contribution is -2.55. The van der Waals surface area contributed by atoms with Gasteiger partial charge in [0.25, 0.3) is 0 Å². The van der Waals surface area contributed by atoms with Crippen LogP contribution in [0.15, 0.2) is 24.3 Å². The highest BCUT2D eigenvalue weighted by atomic mass is 16.3. The van der Waals surface area contributed by atoms with Gasteiger partial charge >= 0.3 is 6.03 Å². The first-order chi connectivity index (χ1) is 11.3. The van der Waals surface area contributed by atoms with E-state index in [9.17, 15) is 4.79 Å². The van der Waals surface area contributed by atoms with E-state index in [1.54, 1.807) is 6.92 Å². The maximum atomic E-state index is 12.2. The number of benzene rings is 1. The topological polar surface area (TPSA) is 64.6 Å². The number of carbonyl (C=O) groups is 1. The van der Waals surface area contributed by atoms with E-state index in [1.165, 1.54) is 11.1 Å². The number of fused-ring (bicyclic) bond motifs is 1. The fourth-order valence-electron chi connectivity index (χ4n) is 2.97. The zero-order valence-corrected chi connectivity index (χ0v) is 15.3. The Balaban J connectivity index is 1.98. The van der Waals surface area contributed by atoms with Crippen molar-refractivity contribution in [1.29, 1.82) is 0 Å². The number of aliphatic hydroxyl groups is 1. The van der Waals surface area contributed by atoms with Crippen LogP contribution in [0, 0.1) is 5.41 Å². The molecular formula is C19H31N3O2. The van der Waals surface area contributed by atoms with Gasteiger partial charge in [0.1, 0.15) is 0 Å². The fourth-order valence-corrected chi connectivity index (χ4v) is 2.97. The molecule has 1 aliphatic rings. The van der Waals surface area contributed by atoms with E-state index in [1.807, 2.05) is 0 Å². The molecule has 2 rings (SSSR count). The Hall–Kier alpha value is -1.59. The molecule has 0 fully saturated rings. The first kappa shape index (κ1) is 18.7. The van der Waals surface area contributed by atoms with E-state index < -0.39 is 0 Å². The minimum absolute atomic E-state index is 0.0358. The molecule has 5 heteroatoms. The number of amides is 2. The van der Waals surface area contributed by atoms with E-state index in [0.29, 0.717) is 0 Å². The highest BCUT2D eigenvalue weighted by molar-refractivity contribution is 5.74. The second kappa shape index (κ2) is 7.99. The Morgan fingerprint density at radius 1 is 1.25 bits per heavy atom.